The molecule has 1 unspecified atom stereocenters. The molecule has 0 aliphatic carbocycles. The average molecular weight is 233 g/mol. The summed E-state index contributed by atoms with van der Waals surface area (Å²) in [5.74, 6) is -0.925. The van der Waals surface area contributed by atoms with E-state index < -0.39 is 5.97 Å². The maximum absolute atomic E-state index is 10.5. The van der Waals surface area contributed by atoms with E-state index in [0.29, 0.717) is 6.04 Å². The maximum atomic E-state index is 10.5. The quantitative estimate of drug-likeness (QED) is 0.795. The third-order valence-corrected chi connectivity index (χ3v) is 2.97. The number of carboxylic acids is 1. The van der Waals surface area contributed by atoms with Gasteiger partial charge < -0.3 is 10.0 Å². The predicted molar refractivity (Wildman–Crippen MR) is 71.3 cm³/mol. The fourth-order valence-corrected chi connectivity index (χ4v) is 1.62. The molecule has 1 N–H and O–H groups in total. The highest BCUT2D eigenvalue weighted by Crippen LogP contribution is 2.23. The van der Waals surface area contributed by atoms with Crippen LogP contribution in [-0.4, -0.2) is 24.2 Å². The van der Waals surface area contributed by atoms with Crippen LogP contribution in [0, 0.1) is 0 Å². The minimum atomic E-state index is -0.925. The topological polar surface area (TPSA) is 40.5 Å². The van der Waals surface area contributed by atoms with Crippen molar-refractivity contribution in [3.63, 3.8) is 0 Å². The SMILES string of the molecule is CCC(C)N(C)c1ccccc1/C=C/C(=O)O. The van der Waals surface area contributed by atoms with E-state index in [1.807, 2.05) is 31.3 Å². The number of anilines is 1. The largest absolute Gasteiger partial charge is 0.478 e. The summed E-state index contributed by atoms with van der Waals surface area (Å²) in [6.45, 7) is 4.29. The molecular formula is C14H19NO2. The van der Waals surface area contributed by atoms with Gasteiger partial charge in [0.2, 0.25) is 0 Å². The van der Waals surface area contributed by atoms with Crippen LogP contribution in [0.3, 0.4) is 0 Å². The number of rotatable bonds is 5. The predicted octanol–water partition coefficient (Wildman–Crippen LogP) is 3.02. The standard InChI is InChI=1S/C14H19NO2/c1-4-11(2)15(3)13-8-6-5-7-12(13)9-10-14(16)17/h5-11H,4H2,1-3H3,(H,16,17)/b10-9+. The van der Waals surface area contributed by atoms with Crippen molar-refractivity contribution in [2.24, 2.45) is 0 Å². The highest BCUT2D eigenvalue weighted by molar-refractivity contribution is 5.87. The zero-order valence-corrected chi connectivity index (χ0v) is 10.6. The highest BCUT2D eigenvalue weighted by Gasteiger charge is 2.10. The van der Waals surface area contributed by atoms with E-state index in [4.69, 9.17) is 5.11 Å². The van der Waals surface area contributed by atoms with Gasteiger partial charge in [0.1, 0.15) is 0 Å². The molecule has 0 amide bonds. The molecule has 1 rings (SSSR count). The van der Waals surface area contributed by atoms with Crippen LogP contribution in [0.25, 0.3) is 6.08 Å². The van der Waals surface area contributed by atoms with Gasteiger partial charge in [0.05, 0.1) is 0 Å². The van der Waals surface area contributed by atoms with Crippen molar-refractivity contribution in [1.29, 1.82) is 0 Å². The summed E-state index contributed by atoms with van der Waals surface area (Å²) < 4.78 is 0. The van der Waals surface area contributed by atoms with Gasteiger partial charge in [-0.25, -0.2) is 4.79 Å². The van der Waals surface area contributed by atoms with Gasteiger partial charge in [0.25, 0.3) is 0 Å². The van der Waals surface area contributed by atoms with E-state index in [1.165, 1.54) is 6.08 Å². The lowest BCUT2D eigenvalue weighted by Crippen LogP contribution is -2.28. The van der Waals surface area contributed by atoms with Crippen molar-refractivity contribution in [3.8, 4) is 0 Å². The monoisotopic (exact) mass is 233 g/mol. The Morgan fingerprint density at radius 3 is 2.71 bits per heavy atom. The van der Waals surface area contributed by atoms with Crippen molar-refractivity contribution in [3.05, 3.63) is 35.9 Å². The third-order valence-electron chi connectivity index (χ3n) is 2.97. The fraction of sp³-hybridized carbons (Fsp3) is 0.357. The van der Waals surface area contributed by atoms with Crippen molar-refractivity contribution in [1.82, 2.24) is 0 Å². The molecule has 0 radical (unpaired) electrons. The molecule has 1 aromatic carbocycles. The Morgan fingerprint density at radius 1 is 1.47 bits per heavy atom. The second kappa shape index (κ2) is 6.09. The Kier molecular flexibility index (Phi) is 4.76. The summed E-state index contributed by atoms with van der Waals surface area (Å²) in [7, 11) is 2.03. The van der Waals surface area contributed by atoms with E-state index >= 15 is 0 Å². The molecule has 0 spiro atoms. The van der Waals surface area contributed by atoms with E-state index in [1.54, 1.807) is 6.08 Å². The number of hydrogen-bond acceptors (Lipinski definition) is 2. The smallest absolute Gasteiger partial charge is 0.328 e. The van der Waals surface area contributed by atoms with Crippen LogP contribution < -0.4 is 4.90 Å². The van der Waals surface area contributed by atoms with Gasteiger partial charge in [0.15, 0.2) is 0 Å². The molecule has 0 saturated carbocycles. The van der Waals surface area contributed by atoms with Gasteiger partial charge >= 0.3 is 5.97 Å². The van der Waals surface area contributed by atoms with Crippen molar-refractivity contribution >= 4 is 17.7 Å². The van der Waals surface area contributed by atoms with Crippen LogP contribution >= 0.6 is 0 Å². The van der Waals surface area contributed by atoms with Crippen molar-refractivity contribution < 1.29 is 9.90 Å². The molecule has 0 aliphatic rings. The maximum Gasteiger partial charge on any atom is 0.328 e. The molecule has 3 heteroatoms. The lowest BCUT2D eigenvalue weighted by atomic mass is 10.1. The Hall–Kier alpha value is -1.77. The van der Waals surface area contributed by atoms with Gasteiger partial charge in [-0.3, -0.25) is 0 Å². The molecule has 1 atom stereocenters. The van der Waals surface area contributed by atoms with Crippen LogP contribution in [0.1, 0.15) is 25.8 Å². The lowest BCUT2D eigenvalue weighted by Gasteiger charge is -2.27. The van der Waals surface area contributed by atoms with Crippen molar-refractivity contribution in [2.75, 3.05) is 11.9 Å². The second-order valence-electron chi connectivity index (χ2n) is 4.10. The van der Waals surface area contributed by atoms with Crippen LogP contribution in [0.5, 0.6) is 0 Å². The summed E-state index contributed by atoms with van der Waals surface area (Å²) in [4.78, 5) is 12.7. The average Bonchev–Trinajstić information content (AvgIpc) is 2.34. The first-order valence-corrected chi connectivity index (χ1v) is 5.79. The molecule has 1 aromatic rings. The molecule has 0 aliphatic heterocycles. The number of nitrogens with zero attached hydrogens (tertiary/aromatic N) is 1. The molecule has 3 nitrogen and oxygen atoms in total. The second-order valence-corrected chi connectivity index (χ2v) is 4.10. The zero-order valence-electron chi connectivity index (χ0n) is 10.6. The molecule has 0 bridgehead atoms. The first-order chi connectivity index (χ1) is 8.06. The van der Waals surface area contributed by atoms with Crippen LogP contribution in [0.15, 0.2) is 30.3 Å². The third kappa shape index (κ3) is 3.63. The molecule has 17 heavy (non-hydrogen) atoms. The summed E-state index contributed by atoms with van der Waals surface area (Å²) >= 11 is 0. The molecule has 0 saturated heterocycles. The molecular weight excluding hydrogens is 214 g/mol. The van der Waals surface area contributed by atoms with Gasteiger partial charge in [-0.2, -0.15) is 0 Å². The summed E-state index contributed by atoms with van der Waals surface area (Å²) in [6.07, 6.45) is 3.85. The lowest BCUT2D eigenvalue weighted by molar-refractivity contribution is -0.131. The summed E-state index contributed by atoms with van der Waals surface area (Å²) in [5, 5.41) is 8.66. The van der Waals surface area contributed by atoms with E-state index in [9.17, 15) is 4.79 Å². The molecule has 92 valence electrons. The number of aliphatic carboxylic acids is 1. The Balaban J connectivity index is 3.03. The number of carbonyl (C=O) groups is 1. The number of carboxylic acid groups (broad SMARTS) is 1. The van der Waals surface area contributed by atoms with Crippen LogP contribution in [0.2, 0.25) is 0 Å². The van der Waals surface area contributed by atoms with Gasteiger partial charge in [-0.1, -0.05) is 25.1 Å². The first-order valence-electron chi connectivity index (χ1n) is 5.79. The minimum Gasteiger partial charge on any atom is -0.478 e. The van der Waals surface area contributed by atoms with E-state index in [2.05, 4.69) is 18.7 Å². The Morgan fingerprint density at radius 2 is 2.12 bits per heavy atom. The Labute approximate surface area is 102 Å². The Bertz CT molecular complexity index is 412. The number of hydrogen-bond donors (Lipinski definition) is 1. The molecule has 0 fully saturated rings. The fourth-order valence-electron chi connectivity index (χ4n) is 1.62. The number of para-hydroxylation sites is 1. The number of benzene rings is 1. The molecule has 0 aromatic heterocycles. The van der Waals surface area contributed by atoms with Gasteiger partial charge in [-0.15, -0.1) is 0 Å². The van der Waals surface area contributed by atoms with Crippen LogP contribution in [-0.2, 0) is 4.79 Å². The van der Waals surface area contributed by atoms with Crippen LogP contribution in [0.4, 0.5) is 5.69 Å². The highest BCUT2D eigenvalue weighted by atomic mass is 16.4. The van der Waals surface area contributed by atoms with E-state index in [-0.39, 0.29) is 0 Å². The summed E-state index contributed by atoms with van der Waals surface area (Å²) in [5.41, 5.74) is 1.98. The van der Waals surface area contributed by atoms with Gasteiger partial charge in [-0.05, 0) is 31.1 Å². The van der Waals surface area contributed by atoms with Gasteiger partial charge in [0, 0.05) is 24.9 Å². The van der Waals surface area contributed by atoms with Crippen molar-refractivity contribution in [2.45, 2.75) is 26.3 Å². The minimum absolute atomic E-state index is 0.425. The zero-order chi connectivity index (χ0) is 12.8. The molecule has 0 heterocycles. The van der Waals surface area contributed by atoms with E-state index in [0.717, 1.165) is 17.7 Å². The first kappa shape index (κ1) is 13.3. The summed E-state index contributed by atoms with van der Waals surface area (Å²) in [6, 6.07) is 8.23. The normalized spacial score (nSPS) is 12.6.